The number of aromatic nitrogens is 2. The minimum Gasteiger partial charge on any atom is -0.508 e. The number of esters is 1. The first kappa shape index (κ1) is 20.6. The van der Waals surface area contributed by atoms with Gasteiger partial charge in [0, 0.05) is 19.0 Å². The van der Waals surface area contributed by atoms with E-state index in [1.165, 1.54) is 37.7 Å². The number of phenolic OH excluding ortho intramolecular Hbond substituents is 1. The predicted octanol–water partition coefficient (Wildman–Crippen LogP) is 3.55. The smallest absolute Gasteiger partial charge is 0.338 e. The van der Waals surface area contributed by atoms with Crippen molar-refractivity contribution < 1.29 is 24.2 Å². The van der Waals surface area contributed by atoms with E-state index >= 15 is 0 Å². The second-order valence-corrected chi connectivity index (χ2v) is 7.57. The molecule has 8 heteroatoms. The minimum atomic E-state index is -0.591. The van der Waals surface area contributed by atoms with Crippen LogP contribution in [0.15, 0.2) is 30.6 Å². The van der Waals surface area contributed by atoms with E-state index in [1.807, 2.05) is 13.8 Å². The molecule has 1 aromatic heterocycles. The third-order valence-electron chi connectivity index (χ3n) is 4.45. The van der Waals surface area contributed by atoms with E-state index < -0.39 is 5.97 Å². The van der Waals surface area contributed by atoms with E-state index in [4.69, 9.17) is 4.74 Å². The molecule has 1 aliphatic carbocycles. The fraction of sp³-hybridized carbons (Fsp3) is 0.429. The summed E-state index contributed by atoms with van der Waals surface area (Å²) in [5, 5.41) is 9.79. The number of amides is 1. The SMILES string of the molecule is COC(=O)c1cc(O)cc(Oc2cnc(N(CC3CC3)C(=O)CC(C)C)cn2)c1. The summed E-state index contributed by atoms with van der Waals surface area (Å²) in [5.74, 6) is 0.971. The molecule has 8 nitrogen and oxygen atoms in total. The molecule has 0 radical (unpaired) electrons. The van der Waals surface area contributed by atoms with Gasteiger partial charge in [-0.15, -0.1) is 0 Å². The van der Waals surface area contributed by atoms with E-state index in [1.54, 1.807) is 4.90 Å². The molecule has 0 atom stereocenters. The third kappa shape index (κ3) is 5.66. The Kier molecular flexibility index (Phi) is 6.31. The molecule has 1 aliphatic rings. The van der Waals surface area contributed by atoms with Crippen LogP contribution in [0.4, 0.5) is 5.82 Å². The van der Waals surface area contributed by atoms with Gasteiger partial charge in [-0.25, -0.2) is 14.8 Å². The third-order valence-corrected chi connectivity index (χ3v) is 4.45. The molecule has 1 N–H and O–H groups in total. The number of ether oxygens (including phenoxy) is 2. The first-order valence-corrected chi connectivity index (χ1v) is 9.58. The Morgan fingerprint density at radius 2 is 1.97 bits per heavy atom. The molecule has 1 fully saturated rings. The number of phenols is 1. The fourth-order valence-electron chi connectivity index (χ4n) is 2.84. The molecule has 3 rings (SSSR count). The van der Waals surface area contributed by atoms with Crippen molar-refractivity contribution in [1.82, 2.24) is 9.97 Å². The summed E-state index contributed by atoms with van der Waals surface area (Å²) in [7, 11) is 1.26. The second kappa shape index (κ2) is 8.89. The lowest BCUT2D eigenvalue weighted by atomic mass is 10.1. The largest absolute Gasteiger partial charge is 0.508 e. The number of anilines is 1. The van der Waals surface area contributed by atoms with Gasteiger partial charge in [0.15, 0.2) is 5.82 Å². The number of hydrogen-bond acceptors (Lipinski definition) is 7. The average Bonchev–Trinajstić information content (AvgIpc) is 3.49. The van der Waals surface area contributed by atoms with Crippen LogP contribution in [-0.2, 0) is 9.53 Å². The summed E-state index contributed by atoms with van der Waals surface area (Å²) in [6.45, 7) is 4.66. The van der Waals surface area contributed by atoms with Crippen LogP contribution in [0, 0.1) is 11.8 Å². The minimum absolute atomic E-state index is 0.0329. The Morgan fingerprint density at radius 3 is 2.55 bits per heavy atom. The average molecular weight is 399 g/mol. The highest BCUT2D eigenvalue weighted by atomic mass is 16.5. The first-order valence-electron chi connectivity index (χ1n) is 9.58. The summed E-state index contributed by atoms with van der Waals surface area (Å²) in [5.41, 5.74) is 0.155. The highest BCUT2D eigenvalue weighted by Gasteiger charge is 2.28. The number of nitrogens with zero attached hydrogens (tertiary/aromatic N) is 3. The quantitative estimate of drug-likeness (QED) is 0.677. The molecule has 0 unspecified atom stereocenters. The van der Waals surface area contributed by atoms with E-state index in [9.17, 15) is 14.7 Å². The molecule has 1 saturated carbocycles. The number of carbonyl (C=O) groups is 2. The molecular weight excluding hydrogens is 374 g/mol. The first-order chi connectivity index (χ1) is 13.9. The number of methoxy groups -OCH3 is 1. The van der Waals surface area contributed by atoms with Gasteiger partial charge >= 0.3 is 5.97 Å². The normalized spacial score (nSPS) is 13.2. The van der Waals surface area contributed by atoms with Gasteiger partial charge in [-0.05, 0) is 36.8 Å². The lowest BCUT2D eigenvalue weighted by Gasteiger charge is -2.22. The van der Waals surface area contributed by atoms with Gasteiger partial charge < -0.3 is 14.6 Å². The summed E-state index contributed by atoms with van der Waals surface area (Å²) < 4.78 is 10.3. The van der Waals surface area contributed by atoms with Crippen LogP contribution in [0.25, 0.3) is 0 Å². The number of rotatable bonds is 8. The molecule has 0 saturated heterocycles. The molecule has 0 spiro atoms. The Morgan fingerprint density at radius 1 is 1.21 bits per heavy atom. The standard InChI is InChI=1S/C21H25N3O5/c1-13(2)6-20(26)24(12-14-4-5-14)18-10-23-19(11-22-18)29-17-8-15(21(27)28-3)7-16(25)9-17/h7-11,13-14,25H,4-6,12H2,1-3H3. The molecular formula is C21H25N3O5. The van der Waals surface area contributed by atoms with E-state index in [0.717, 1.165) is 12.8 Å². The maximum Gasteiger partial charge on any atom is 0.338 e. The molecule has 1 aromatic carbocycles. The van der Waals surface area contributed by atoms with Gasteiger partial charge in [-0.3, -0.25) is 9.69 Å². The Labute approximate surface area is 169 Å². The van der Waals surface area contributed by atoms with Crippen molar-refractivity contribution in [2.45, 2.75) is 33.1 Å². The molecule has 0 aliphatic heterocycles. The monoisotopic (exact) mass is 399 g/mol. The van der Waals surface area contributed by atoms with Gasteiger partial charge in [0.1, 0.15) is 11.5 Å². The molecule has 154 valence electrons. The predicted molar refractivity (Wildman–Crippen MR) is 106 cm³/mol. The van der Waals surface area contributed by atoms with Crippen molar-refractivity contribution in [1.29, 1.82) is 0 Å². The van der Waals surface area contributed by atoms with Crippen LogP contribution in [-0.4, -0.2) is 40.6 Å². The van der Waals surface area contributed by atoms with Gasteiger partial charge in [-0.2, -0.15) is 0 Å². The summed E-state index contributed by atoms with van der Waals surface area (Å²) in [6.07, 6.45) is 5.62. The van der Waals surface area contributed by atoms with Gasteiger partial charge in [0.25, 0.3) is 0 Å². The van der Waals surface area contributed by atoms with Crippen LogP contribution in [0.3, 0.4) is 0 Å². The van der Waals surface area contributed by atoms with Crippen LogP contribution in [0.1, 0.15) is 43.5 Å². The molecule has 0 bridgehead atoms. The van der Waals surface area contributed by atoms with E-state index in [-0.39, 0.29) is 34.8 Å². The number of carbonyl (C=O) groups excluding carboxylic acids is 2. The molecule has 29 heavy (non-hydrogen) atoms. The maximum absolute atomic E-state index is 12.6. The zero-order valence-electron chi connectivity index (χ0n) is 16.8. The highest BCUT2D eigenvalue weighted by Crippen LogP contribution is 2.32. The van der Waals surface area contributed by atoms with Crippen molar-refractivity contribution in [2.75, 3.05) is 18.6 Å². The topological polar surface area (TPSA) is 102 Å². The zero-order chi connectivity index (χ0) is 21.0. The van der Waals surface area contributed by atoms with Gasteiger partial charge in [-0.1, -0.05) is 13.8 Å². The van der Waals surface area contributed by atoms with Crippen molar-refractivity contribution >= 4 is 17.7 Å². The van der Waals surface area contributed by atoms with Crippen molar-refractivity contribution in [3.63, 3.8) is 0 Å². The Hall–Kier alpha value is -3.16. The summed E-state index contributed by atoms with van der Waals surface area (Å²) in [6, 6.07) is 4.07. The number of aromatic hydroxyl groups is 1. The molecule has 1 amide bonds. The van der Waals surface area contributed by atoms with Crippen LogP contribution < -0.4 is 9.64 Å². The summed E-state index contributed by atoms with van der Waals surface area (Å²) >= 11 is 0. The highest BCUT2D eigenvalue weighted by molar-refractivity contribution is 5.92. The van der Waals surface area contributed by atoms with Gasteiger partial charge in [0.05, 0.1) is 25.1 Å². The summed E-state index contributed by atoms with van der Waals surface area (Å²) in [4.78, 5) is 34.6. The lowest BCUT2D eigenvalue weighted by Crippen LogP contribution is -2.34. The number of benzene rings is 1. The van der Waals surface area contributed by atoms with Crippen molar-refractivity contribution in [2.24, 2.45) is 11.8 Å². The van der Waals surface area contributed by atoms with Crippen LogP contribution >= 0.6 is 0 Å². The van der Waals surface area contributed by atoms with Crippen LogP contribution in [0.2, 0.25) is 0 Å². The fourth-order valence-corrected chi connectivity index (χ4v) is 2.84. The Bertz CT molecular complexity index is 878. The molecule has 1 heterocycles. The lowest BCUT2D eigenvalue weighted by molar-refractivity contribution is -0.119. The van der Waals surface area contributed by atoms with E-state index in [2.05, 4.69) is 14.7 Å². The second-order valence-electron chi connectivity index (χ2n) is 7.57. The molecule has 2 aromatic rings. The maximum atomic E-state index is 12.6. The van der Waals surface area contributed by atoms with Crippen LogP contribution in [0.5, 0.6) is 17.4 Å². The Balaban J connectivity index is 1.75. The van der Waals surface area contributed by atoms with Crippen molar-refractivity contribution in [3.05, 3.63) is 36.2 Å². The van der Waals surface area contributed by atoms with Crippen molar-refractivity contribution in [3.8, 4) is 17.4 Å². The zero-order valence-corrected chi connectivity index (χ0v) is 16.8. The van der Waals surface area contributed by atoms with Gasteiger partial charge in [0.2, 0.25) is 11.8 Å². The number of hydrogen-bond donors (Lipinski definition) is 1. The van der Waals surface area contributed by atoms with E-state index in [0.29, 0.717) is 24.7 Å².